The zero-order valence-electron chi connectivity index (χ0n) is 14.1. The smallest absolute Gasteiger partial charge is 0.204 e. The molecule has 0 aliphatic heterocycles. The summed E-state index contributed by atoms with van der Waals surface area (Å²) in [6.45, 7) is 4.18. The van der Waals surface area contributed by atoms with Crippen LogP contribution >= 0.6 is 0 Å². The van der Waals surface area contributed by atoms with Crippen LogP contribution in [-0.2, 0) is 19.9 Å². The van der Waals surface area contributed by atoms with Gasteiger partial charge in [0.15, 0.2) is 0 Å². The molecular formula is C19H19FN4. The number of nitrogens with zero attached hydrogens (tertiary/aromatic N) is 4. The van der Waals surface area contributed by atoms with Crippen molar-refractivity contribution in [3.63, 3.8) is 0 Å². The highest BCUT2D eigenvalue weighted by Crippen LogP contribution is 2.38. The molecule has 0 saturated heterocycles. The second-order valence-corrected chi connectivity index (χ2v) is 6.49. The fraction of sp³-hybridized carbons (Fsp3) is 0.316. The largest absolute Gasteiger partial charge is 0.207 e. The predicted octanol–water partition coefficient (Wildman–Crippen LogP) is 3.79. The quantitative estimate of drug-likeness (QED) is 0.721. The Hall–Kier alpha value is -2.56. The van der Waals surface area contributed by atoms with Gasteiger partial charge in [-0.05, 0) is 89.9 Å². The van der Waals surface area contributed by atoms with Crippen LogP contribution in [0.2, 0.25) is 0 Å². The van der Waals surface area contributed by atoms with Crippen LogP contribution in [0.5, 0.6) is 0 Å². The van der Waals surface area contributed by atoms with Gasteiger partial charge in [0.05, 0.1) is 7.05 Å². The first-order chi connectivity index (χ1) is 11.5. The summed E-state index contributed by atoms with van der Waals surface area (Å²) in [5, 5.41) is 12.3. The van der Waals surface area contributed by atoms with Crippen LogP contribution < -0.4 is 0 Å². The monoisotopic (exact) mass is 322 g/mol. The van der Waals surface area contributed by atoms with Gasteiger partial charge < -0.3 is 0 Å². The van der Waals surface area contributed by atoms with Crippen LogP contribution in [0, 0.1) is 19.7 Å². The van der Waals surface area contributed by atoms with Gasteiger partial charge >= 0.3 is 0 Å². The third-order valence-corrected chi connectivity index (χ3v) is 4.80. The second-order valence-electron chi connectivity index (χ2n) is 6.49. The lowest BCUT2D eigenvalue weighted by molar-refractivity contribution is 0.613. The molecule has 0 radical (unpaired) electrons. The van der Waals surface area contributed by atoms with Crippen molar-refractivity contribution in [3.8, 4) is 22.5 Å². The van der Waals surface area contributed by atoms with Crippen LogP contribution in [0.4, 0.5) is 4.39 Å². The molecule has 0 amide bonds. The van der Waals surface area contributed by atoms with Gasteiger partial charge in [0.2, 0.25) is 5.82 Å². The number of rotatable bonds is 2. The van der Waals surface area contributed by atoms with Gasteiger partial charge in [0, 0.05) is 5.56 Å². The molecule has 0 bridgehead atoms. The van der Waals surface area contributed by atoms with E-state index in [1.54, 1.807) is 13.1 Å². The Morgan fingerprint density at radius 3 is 2.42 bits per heavy atom. The van der Waals surface area contributed by atoms with Crippen molar-refractivity contribution in [2.45, 2.75) is 33.1 Å². The fourth-order valence-electron chi connectivity index (χ4n) is 3.81. The summed E-state index contributed by atoms with van der Waals surface area (Å²) < 4.78 is 14.0. The van der Waals surface area contributed by atoms with Gasteiger partial charge in [-0.2, -0.15) is 4.80 Å². The van der Waals surface area contributed by atoms with Crippen LogP contribution in [0.1, 0.15) is 28.7 Å². The molecule has 0 N–H and O–H groups in total. The first-order valence-electron chi connectivity index (χ1n) is 8.21. The number of halogens is 1. The first kappa shape index (κ1) is 15.0. The zero-order valence-corrected chi connectivity index (χ0v) is 14.1. The number of fused-ring (bicyclic) bond motifs is 1. The zero-order chi connectivity index (χ0) is 16.8. The van der Waals surface area contributed by atoms with Crippen LogP contribution in [0.15, 0.2) is 24.3 Å². The lowest BCUT2D eigenvalue weighted by atomic mass is 9.89. The second kappa shape index (κ2) is 5.51. The minimum absolute atomic E-state index is 0.0677. The predicted molar refractivity (Wildman–Crippen MR) is 91.1 cm³/mol. The van der Waals surface area contributed by atoms with Crippen molar-refractivity contribution in [2.75, 3.05) is 0 Å². The van der Waals surface area contributed by atoms with Crippen molar-refractivity contribution in [1.29, 1.82) is 0 Å². The molecule has 0 fully saturated rings. The Balaban J connectivity index is 1.87. The number of hydrogen-bond acceptors (Lipinski definition) is 3. The molecule has 0 spiro atoms. The molecule has 4 rings (SSSR count). The average Bonchev–Trinajstić information content (AvgIpc) is 3.18. The molecule has 122 valence electrons. The van der Waals surface area contributed by atoms with E-state index in [2.05, 4.69) is 41.4 Å². The van der Waals surface area contributed by atoms with E-state index in [-0.39, 0.29) is 5.82 Å². The Morgan fingerprint density at radius 2 is 1.75 bits per heavy atom. The molecule has 3 aromatic rings. The van der Waals surface area contributed by atoms with Gasteiger partial charge in [0.1, 0.15) is 5.82 Å². The van der Waals surface area contributed by atoms with Crippen molar-refractivity contribution >= 4 is 0 Å². The van der Waals surface area contributed by atoms with E-state index >= 15 is 0 Å². The molecule has 0 unspecified atom stereocenters. The normalized spacial score (nSPS) is 13.3. The molecule has 0 saturated carbocycles. The maximum absolute atomic E-state index is 14.0. The Bertz CT molecular complexity index is 920. The molecule has 1 aliphatic carbocycles. The average molecular weight is 322 g/mol. The number of benzene rings is 2. The van der Waals surface area contributed by atoms with E-state index < -0.39 is 0 Å². The number of hydrogen-bond donors (Lipinski definition) is 0. The summed E-state index contributed by atoms with van der Waals surface area (Å²) in [6.07, 6.45) is 2.83. The van der Waals surface area contributed by atoms with Gasteiger partial charge in [-0.25, -0.2) is 4.39 Å². The third kappa shape index (κ3) is 2.31. The van der Waals surface area contributed by atoms with Gasteiger partial charge in [-0.15, -0.1) is 10.2 Å². The Morgan fingerprint density at radius 1 is 1.04 bits per heavy atom. The summed E-state index contributed by atoms with van der Waals surface area (Å²) in [6, 6.07) is 7.71. The molecule has 1 aromatic heterocycles. The first-order valence-corrected chi connectivity index (χ1v) is 8.21. The van der Waals surface area contributed by atoms with E-state index in [0.717, 1.165) is 47.1 Å². The number of aryl methyl sites for hydroxylation is 3. The van der Waals surface area contributed by atoms with E-state index in [9.17, 15) is 4.39 Å². The van der Waals surface area contributed by atoms with E-state index in [4.69, 9.17) is 0 Å². The van der Waals surface area contributed by atoms with Crippen LogP contribution in [0.25, 0.3) is 22.5 Å². The molecule has 1 aliphatic rings. The van der Waals surface area contributed by atoms with Crippen molar-refractivity contribution in [2.24, 2.45) is 7.05 Å². The molecule has 24 heavy (non-hydrogen) atoms. The summed E-state index contributed by atoms with van der Waals surface area (Å²) >= 11 is 0. The SMILES string of the molecule is Cc1cc(-c2nnn(C)n2)cc(C)c1-c1ccc(F)c2c1CCC2. The van der Waals surface area contributed by atoms with Gasteiger partial charge in [-0.1, -0.05) is 6.07 Å². The minimum atomic E-state index is -0.0677. The Labute approximate surface area is 140 Å². The highest BCUT2D eigenvalue weighted by atomic mass is 19.1. The maximum atomic E-state index is 14.0. The topological polar surface area (TPSA) is 43.6 Å². The molecular weight excluding hydrogens is 303 g/mol. The van der Waals surface area contributed by atoms with Crippen molar-refractivity contribution in [1.82, 2.24) is 20.2 Å². The van der Waals surface area contributed by atoms with Crippen LogP contribution in [0.3, 0.4) is 0 Å². The molecule has 5 heteroatoms. The van der Waals surface area contributed by atoms with Gasteiger partial charge in [0.25, 0.3) is 0 Å². The van der Waals surface area contributed by atoms with Crippen molar-refractivity contribution in [3.05, 3.63) is 52.3 Å². The van der Waals surface area contributed by atoms with E-state index in [0.29, 0.717) is 5.82 Å². The fourth-order valence-corrected chi connectivity index (χ4v) is 3.81. The summed E-state index contributed by atoms with van der Waals surface area (Å²) in [5.74, 6) is 0.557. The summed E-state index contributed by atoms with van der Waals surface area (Å²) in [7, 11) is 1.76. The standard InChI is InChI=1S/C19H19FN4/c1-11-9-13(19-21-23-24(3)22-19)10-12(2)18(11)16-7-8-17(20)15-6-4-5-14(15)16/h7-10H,4-6H2,1-3H3. The van der Waals surface area contributed by atoms with Gasteiger partial charge in [-0.3, -0.25) is 0 Å². The highest BCUT2D eigenvalue weighted by Gasteiger charge is 2.21. The number of aromatic nitrogens is 4. The van der Waals surface area contributed by atoms with E-state index in [1.165, 1.54) is 15.9 Å². The summed E-state index contributed by atoms with van der Waals surface area (Å²) in [5.41, 5.74) is 7.69. The van der Waals surface area contributed by atoms with Crippen molar-refractivity contribution < 1.29 is 4.39 Å². The molecule has 0 atom stereocenters. The Kier molecular flexibility index (Phi) is 3.44. The number of tetrazole rings is 1. The lowest BCUT2D eigenvalue weighted by Gasteiger charge is -2.16. The van der Waals surface area contributed by atoms with Crippen LogP contribution in [-0.4, -0.2) is 20.2 Å². The lowest BCUT2D eigenvalue weighted by Crippen LogP contribution is -1.97. The third-order valence-electron chi connectivity index (χ3n) is 4.80. The highest BCUT2D eigenvalue weighted by molar-refractivity contribution is 5.78. The van der Waals surface area contributed by atoms with E-state index in [1.807, 2.05) is 6.07 Å². The maximum Gasteiger partial charge on any atom is 0.204 e. The molecule has 2 aromatic carbocycles. The minimum Gasteiger partial charge on any atom is -0.207 e. The molecule has 4 nitrogen and oxygen atoms in total. The summed E-state index contributed by atoms with van der Waals surface area (Å²) in [4.78, 5) is 1.46. The molecule has 1 heterocycles.